The summed E-state index contributed by atoms with van der Waals surface area (Å²) >= 11 is 0. The number of esters is 4. The third-order valence-corrected chi connectivity index (χ3v) is 20.1. The Morgan fingerprint density at radius 3 is 0.663 bits per heavy atom. The average molecular weight is 1370 g/mol. The third-order valence-electron chi connectivity index (χ3n) is 20.1. The van der Waals surface area contributed by atoms with Crippen LogP contribution in [-0.4, -0.2) is 56.1 Å². The Labute approximate surface area is 604 Å². The summed E-state index contributed by atoms with van der Waals surface area (Å²) in [5.74, 6) is -1.10. The van der Waals surface area contributed by atoms with Crippen LogP contribution in [0.2, 0.25) is 0 Å². The molecule has 2 aromatic carbocycles. The largest absolute Gasteiger partial charge is 0.462 e. The zero-order chi connectivity index (χ0) is 71.2. The van der Waals surface area contributed by atoms with Gasteiger partial charge < -0.3 is 18.9 Å². The molecule has 98 heavy (non-hydrogen) atoms. The molecule has 2 rings (SSSR count). The van der Waals surface area contributed by atoms with Crippen LogP contribution in [0.5, 0.6) is 0 Å². The maximum atomic E-state index is 15.0. The second-order valence-electron chi connectivity index (χ2n) is 31.5. The fourth-order valence-electron chi connectivity index (χ4n) is 13.7. The highest BCUT2D eigenvalue weighted by molar-refractivity contribution is 6.22. The average Bonchev–Trinajstić information content (AvgIpc) is 0.752. The number of ether oxygens (including phenoxy) is 4. The molecule has 564 valence electrons. The van der Waals surface area contributed by atoms with E-state index < -0.39 is 40.8 Å². The number of rotatable bonds is 70. The molecule has 9 nitrogen and oxygen atoms in total. The zero-order valence-corrected chi connectivity index (χ0v) is 65.4. The summed E-state index contributed by atoms with van der Waals surface area (Å²) in [6.07, 6.45) is 66.3. The van der Waals surface area contributed by atoms with Gasteiger partial charge in [-0.05, 0) is 55.4 Å². The monoisotopic (exact) mass is 1370 g/mol. The minimum absolute atomic E-state index is 0.0332. The second kappa shape index (κ2) is 63.9. The molecule has 0 saturated heterocycles. The van der Waals surface area contributed by atoms with Crippen LogP contribution in [0.15, 0.2) is 36.4 Å². The molecular weight excluding hydrogens is 1210 g/mol. The first-order valence-corrected chi connectivity index (χ1v) is 42.2. The van der Waals surface area contributed by atoms with Gasteiger partial charge in [-0.1, -0.05) is 420 Å². The quantitative estimate of drug-likeness (QED) is 0.0276. The van der Waals surface area contributed by atoms with Crippen LogP contribution < -0.4 is 0 Å². The van der Waals surface area contributed by atoms with Crippen molar-refractivity contribution in [3.05, 3.63) is 69.8 Å². The van der Waals surface area contributed by atoms with Crippen molar-refractivity contribution in [2.45, 2.75) is 415 Å². The Kier molecular flexibility index (Phi) is 58.7. The minimum atomic E-state index is -0.971. The van der Waals surface area contributed by atoms with E-state index in [2.05, 4.69) is 55.4 Å². The number of carbonyl (C=O) groups excluding carboxylic acids is 5. The second-order valence-corrected chi connectivity index (χ2v) is 31.5. The Balaban J connectivity index is 2.32. The van der Waals surface area contributed by atoms with Crippen molar-refractivity contribution in [1.29, 1.82) is 0 Å². The van der Waals surface area contributed by atoms with E-state index in [0.717, 1.165) is 101 Å². The van der Waals surface area contributed by atoms with Crippen LogP contribution in [0.4, 0.5) is 0 Å². The topological polar surface area (TPSA) is 122 Å². The Morgan fingerprint density at radius 1 is 0.235 bits per heavy atom. The molecule has 0 aliphatic heterocycles. The van der Waals surface area contributed by atoms with Crippen molar-refractivity contribution in [3.8, 4) is 0 Å². The summed E-state index contributed by atoms with van der Waals surface area (Å²) in [5.41, 5.74) is -1.53. The molecule has 0 fully saturated rings. The van der Waals surface area contributed by atoms with Crippen LogP contribution in [0.1, 0.15) is 472 Å². The number of hydrogen-bond donors (Lipinski definition) is 0. The van der Waals surface area contributed by atoms with Crippen molar-refractivity contribution in [3.63, 3.8) is 0 Å². The molecule has 0 atom stereocenters. The smallest absolute Gasteiger partial charge is 0.339 e. The van der Waals surface area contributed by atoms with Gasteiger partial charge in [-0.15, -0.1) is 0 Å². The van der Waals surface area contributed by atoms with E-state index in [4.69, 9.17) is 18.9 Å². The first-order valence-electron chi connectivity index (χ1n) is 42.2. The number of ketones is 1. The number of hydrogen-bond acceptors (Lipinski definition) is 9. The van der Waals surface area contributed by atoms with Crippen LogP contribution in [0.3, 0.4) is 0 Å². The van der Waals surface area contributed by atoms with Crippen molar-refractivity contribution < 1.29 is 42.9 Å². The zero-order valence-electron chi connectivity index (χ0n) is 65.4. The fourth-order valence-corrected chi connectivity index (χ4v) is 13.7. The molecule has 2 aromatic rings. The Bertz CT molecular complexity index is 2230. The van der Waals surface area contributed by atoms with Gasteiger partial charge >= 0.3 is 23.9 Å². The van der Waals surface area contributed by atoms with E-state index in [0.29, 0.717) is 25.7 Å². The highest BCUT2D eigenvalue weighted by Crippen LogP contribution is 2.31. The van der Waals surface area contributed by atoms with E-state index in [1.165, 1.54) is 263 Å². The summed E-state index contributed by atoms with van der Waals surface area (Å²) < 4.78 is 24.1. The van der Waals surface area contributed by atoms with E-state index in [9.17, 15) is 19.2 Å². The van der Waals surface area contributed by atoms with Crippen molar-refractivity contribution in [1.82, 2.24) is 0 Å². The lowest BCUT2D eigenvalue weighted by atomic mass is 9.87. The van der Waals surface area contributed by atoms with Gasteiger partial charge in [0.05, 0.1) is 48.7 Å². The highest BCUT2D eigenvalue weighted by atomic mass is 16.5. The van der Waals surface area contributed by atoms with Crippen molar-refractivity contribution in [2.24, 2.45) is 23.7 Å². The molecule has 0 spiro atoms. The van der Waals surface area contributed by atoms with Gasteiger partial charge in [0.2, 0.25) is 0 Å². The van der Waals surface area contributed by atoms with Crippen molar-refractivity contribution in [2.75, 3.05) is 26.4 Å². The maximum Gasteiger partial charge on any atom is 0.339 e. The predicted molar refractivity (Wildman–Crippen MR) is 415 cm³/mol. The fraction of sp³-hybridized carbons (Fsp3) is 0.809. The summed E-state index contributed by atoms with van der Waals surface area (Å²) in [6, 6.07) is 9.79. The molecule has 0 saturated carbocycles. The number of benzene rings is 2. The lowest BCUT2D eigenvalue weighted by Crippen LogP contribution is -2.27. The highest BCUT2D eigenvalue weighted by Gasteiger charge is 2.37. The molecule has 0 heterocycles. The molecule has 0 N–H and O–H groups in total. The molecule has 0 radical (unpaired) electrons. The Hall–Kier alpha value is -4.01. The summed E-state index contributed by atoms with van der Waals surface area (Å²) in [5, 5.41) is 0. The third kappa shape index (κ3) is 49.5. The molecule has 0 aliphatic carbocycles. The molecule has 9 heteroatoms. The number of carbonyl (C=O) groups is 5. The van der Waals surface area contributed by atoms with Crippen molar-refractivity contribution >= 4 is 29.7 Å². The van der Waals surface area contributed by atoms with E-state index in [1.54, 1.807) is 30.3 Å². The molecule has 0 unspecified atom stereocenters. The standard InChI is InChI=1S/C89H154O9/c1-75(2)64-54-45-37-29-21-13-9-17-25-33-41-49-60-70-95-86(91)81-74-80(85(90)79-68-58-53-59-69-79)82(87(92)96-71-61-50-42-34-26-18-10-14-22-30-38-46-55-65-76(3)4)84(89(94)98-73-63-52-44-36-28-20-12-16-24-32-40-48-57-67-78(7)8)83(81)88(93)97-72-62-51-43-35-27-19-11-15-23-31-39-47-56-66-77(5)6/h53,58-59,68-69,74-78H,9-52,54-57,60-67,70-73H2,1-8H3. The molecular formula is C89H154O9. The van der Waals surface area contributed by atoms with Crippen LogP contribution >= 0.6 is 0 Å². The van der Waals surface area contributed by atoms with Gasteiger partial charge in [-0.2, -0.15) is 0 Å². The summed E-state index contributed by atoms with van der Waals surface area (Å²) in [4.78, 5) is 74.4. The van der Waals surface area contributed by atoms with Gasteiger partial charge in [-0.25, -0.2) is 19.2 Å². The Morgan fingerprint density at radius 2 is 0.429 bits per heavy atom. The first kappa shape index (κ1) is 90.1. The lowest BCUT2D eigenvalue weighted by Gasteiger charge is -2.20. The van der Waals surface area contributed by atoms with E-state index in [1.807, 2.05) is 0 Å². The SMILES string of the molecule is CC(C)CCCCCCCCCCCCCCCOC(=O)c1cc(C(=O)c2ccccc2)c(C(=O)OCCCCCCCCCCCCCCCC(C)C)c(C(=O)OCCCCCCCCCCCCCCCC(C)C)c1C(=O)OCCCCCCCCCCCCCCCC(C)C. The van der Waals surface area contributed by atoms with Crippen LogP contribution in [0.25, 0.3) is 0 Å². The van der Waals surface area contributed by atoms with Gasteiger partial charge in [0.15, 0.2) is 5.78 Å². The molecule has 0 aliphatic rings. The van der Waals surface area contributed by atoms with Gasteiger partial charge in [-0.3, -0.25) is 4.79 Å². The molecule has 0 amide bonds. The van der Waals surface area contributed by atoms with Gasteiger partial charge in [0, 0.05) is 11.1 Å². The predicted octanol–water partition coefficient (Wildman–Crippen LogP) is 28.0. The van der Waals surface area contributed by atoms with Gasteiger partial charge in [0.1, 0.15) is 0 Å². The number of unbranched alkanes of at least 4 members (excludes halogenated alkanes) is 48. The lowest BCUT2D eigenvalue weighted by molar-refractivity contribution is 0.0414. The summed E-state index contributed by atoms with van der Waals surface area (Å²) in [6.45, 7) is 18.7. The minimum Gasteiger partial charge on any atom is -0.462 e. The van der Waals surface area contributed by atoms with E-state index in [-0.39, 0.29) is 48.7 Å². The maximum absolute atomic E-state index is 15.0. The van der Waals surface area contributed by atoms with Crippen LogP contribution in [0, 0.1) is 23.7 Å². The molecule has 0 aromatic heterocycles. The van der Waals surface area contributed by atoms with Crippen LogP contribution in [-0.2, 0) is 18.9 Å². The first-order chi connectivity index (χ1) is 47.7. The molecule has 0 bridgehead atoms. The normalized spacial score (nSPS) is 11.6. The van der Waals surface area contributed by atoms with Gasteiger partial charge in [0.25, 0.3) is 0 Å². The van der Waals surface area contributed by atoms with E-state index >= 15 is 4.79 Å². The summed E-state index contributed by atoms with van der Waals surface area (Å²) in [7, 11) is 0.